The highest BCUT2D eigenvalue weighted by atomic mass is 15.4. The minimum atomic E-state index is -0.249. The Bertz CT molecular complexity index is 1050. The van der Waals surface area contributed by atoms with Gasteiger partial charge in [0.25, 0.3) is 0 Å². The van der Waals surface area contributed by atoms with E-state index in [1.165, 1.54) is 0 Å². The minimum absolute atomic E-state index is 0.0694. The molecule has 1 N–H and O–H groups in total. The van der Waals surface area contributed by atoms with E-state index in [0.29, 0.717) is 12.2 Å². The maximum Gasteiger partial charge on any atom is 0.163 e. The lowest BCUT2D eigenvalue weighted by Gasteiger charge is -2.07. The summed E-state index contributed by atoms with van der Waals surface area (Å²) in [6, 6.07) is 20.2. The SMILES string of the molecule is N#CC(C#N)=C(C#N)Nc1ccc(Cn2nnc3ccccc32)cc1. The molecule has 0 aliphatic rings. The topological polar surface area (TPSA) is 114 Å². The average molecular weight is 325 g/mol. The molecule has 0 spiro atoms. The Labute approximate surface area is 143 Å². The molecule has 25 heavy (non-hydrogen) atoms. The summed E-state index contributed by atoms with van der Waals surface area (Å²) in [6.45, 7) is 0.559. The van der Waals surface area contributed by atoms with Crippen LogP contribution < -0.4 is 5.32 Å². The molecule has 7 heteroatoms. The summed E-state index contributed by atoms with van der Waals surface area (Å²) < 4.78 is 1.81. The standard InChI is InChI=1S/C18H11N7/c19-9-14(10-20)17(11-21)22-15-7-5-13(6-8-15)12-25-18-4-2-1-3-16(18)23-24-25/h1-8,22H,12H2. The lowest BCUT2D eigenvalue weighted by Crippen LogP contribution is -2.03. The van der Waals surface area contributed by atoms with Crippen LogP contribution in [0.4, 0.5) is 5.69 Å². The summed E-state index contributed by atoms with van der Waals surface area (Å²) in [5.74, 6) is 0. The quantitative estimate of drug-likeness (QED) is 0.738. The first kappa shape index (κ1) is 15.7. The van der Waals surface area contributed by atoms with E-state index in [1.807, 2.05) is 47.1 Å². The first-order chi connectivity index (χ1) is 12.2. The van der Waals surface area contributed by atoms with Crippen LogP contribution in [0.1, 0.15) is 5.56 Å². The van der Waals surface area contributed by atoms with Crippen LogP contribution in [0.2, 0.25) is 0 Å². The number of allylic oxidation sites excluding steroid dienone is 2. The summed E-state index contributed by atoms with van der Waals surface area (Å²) >= 11 is 0. The summed E-state index contributed by atoms with van der Waals surface area (Å²) in [7, 11) is 0. The van der Waals surface area contributed by atoms with Crippen LogP contribution in [0.3, 0.4) is 0 Å². The van der Waals surface area contributed by atoms with Crippen molar-refractivity contribution in [3.8, 4) is 18.2 Å². The number of hydrogen-bond acceptors (Lipinski definition) is 6. The van der Waals surface area contributed by atoms with E-state index in [-0.39, 0.29) is 11.3 Å². The second-order valence-corrected chi connectivity index (χ2v) is 5.14. The Morgan fingerprint density at radius 1 is 0.960 bits per heavy atom. The van der Waals surface area contributed by atoms with Gasteiger partial charge in [-0.1, -0.05) is 29.5 Å². The molecule has 1 aromatic heterocycles. The molecule has 0 amide bonds. The van der Waals surface area contributed by atoms with Gasteiger partial charge >= 0.3 is 0 Å². The summed E-state index contributed by atoms with van der Waals surface area (Å²) in [6.07, 6.45) is 0. The Balaban J connectivity index is 1.79. The van der Waals surface area contributed by atoms with E-state index in [1.54, 1.807) is 24.3 Å². The molecule has 0 saturated heterocycles. The molecule has 118 valence electrons. The molecule has 7 nitrogen and oxygen atoms in total. The highest BCUT2D eigenvalue weighted by Gasteiger charge is 2.07. The molecular formula is C18H11N7. The molecule has 3 rings (SSSR count). The summed E-state index contributed by atoms with van der Waals surface area (Å²) in [5.41, 5.74) is 3.09. The molecule has 0 atom stereocenters. The Hall–Kier alpha value is -4.15. The fraction of sp³-hybridized carbons (Fsp3) is 0.0556. The first-order valence-electron chi connectivity index (χ1n) is 7.34. The number of nitriles is 3. The minimum Gasteiger partial charge on any atom is -0.345 e. The van der Waals surface area contributed by atoms with E-state index in [4.69, 9.17) is 15.8 Å². The van der Waals surface area contributed by atoms with Crippen molar-refractivity contribution in [3.05, 3.63) is 65.4 Å². The van der Waals surface area contributed by atoms with Crippen molar-refractivity contribution in [2.24, 2.45) is 0 Å². The van der Waals surface area contributed by atoms with Crippen molar-refractivity contribution in [1.82, 2.24) is 15.0 Å². The van der Waals surface area contributed by atoms with Gasteiger partial charge in [0.1, 0.15) is 29.4 Å². The average Bonchev–Trinajstić information content (AvgIpc) is 3.06. The molecule has 0 saturated carbocycles. The largest absolute Gasteiger partial charge is 0.345 e. The zero-order valence-electron chi connectivity index (χ0n) is 13.0. The van der Waals surface area contributed by atoms with E-state index >= 15 is 0 Å². The lowest BCUT2D eigenvalue weighted by molar-refractivity contribution is 0.670. The van der Waals surface area contributed by atoms with Crippen LogP contribution in [0.15, 0.2) is 59.8 Å². The van der Waals surface area contributed by atoms with Gasteiger partial charge in [0, 0.05) is 5.69 Å². The van der Waals surface area contributed by atoms with Gasteiger partial charge in [-0.15, -0.1) is 5.10 Å². The van der Waals surface area contributed by atoms with Crippen molar-refractivity contribution < 1.29 is 0 Å². The fourth-order valence-electron chi connectivity index (χ4n) is 2.33. The second kappa shape index (κ2) is 6.95. The van der Waals surface area contributed by atoms with Gasteiger partial charge in [-0.05, 0) is 29.8 Å². The zero-order chi connectivity index (χ0) is 17.6. The van der Waals surface area contributed by atoms with Crippen molar-refractivity contribution in [3.63, 3.8) is 0 Å². The lowest BCUT2D eigenvalue weighted by atomic mass is 10.2. The molecular weight excluding hydrogens is 314 g/mol. The smallest absolute Gasteiger partial charge is 0.163 e. The summed E-state index contributed by atoms with van der Waals surface area (Å²) in [4.78, 5) is 0. The molecule has 0 bridgehead atoms. The van der Waals surface area contributed by atoms with Crippen LogP contribution in [0.5, 0.6) is 0 Å². The second-order valence-electron chi connectivity index (χ2n) is 5.14. The number of fused-ring (bicyclic) bond motifs is 1. The number of aromatic nitrogens is 3. The van der Waals surface area contributed by atoms with Crippen molar-refractivity contribution >= 4 is 16.7 Å². The van der Waals surface area contributed by atoms with Gasteiger partial charge in [-0.2, -0.15) is 15.8 Å². The monoisotopic (exact) mass is 325 g/mol. The molecule has 2 aromatic carbocycles. The first-order valence-corrected chi connectivity index (χ1v) is 7.34. The number of para-hydroxylation sites is 1. The zero-order valence-corrected chi connectivity index (χ0v) is 13.0. The molecule has 1 heterocycles. The van der Waals surface area contributed by atoms with E-state index < -0.39 is 0 Å². The van der Waals surface area contributed by atoms with Gasteiger partial charge in [0.15, 0.2) is 5.57 Å². The van der Waals surface area contributed by atoms with Gasteiger partial charge in [-0.3, -0.25) is 0 Å². The molecule has 0 radical (unpaired) electrons. The van der Waals surface area contributed by atoms with Crippen molar-refractivity contribution in [1.29, 1.82) is 15.8 Å². The maximum absolute atomic E-state index is 9.06. The van der Waals surface area contributed by atoms with Gasteiger partial charge in [0.2, 0.25) is 0 Å². The third-order valence-electron chi connectivity index (χ3n) is 3.56. The number of anilines is 1. The highest BCUT2D eigenvalue weighted by molar-refractivity contribution is 5.73. The third-order valence-corrected chi connectivity index (χ3v) is 3.56. The molecule has 3 aromatic rings. The van der Waals surface area contributed by atoms with Crippen LogP contribution in [0.25, 0.3) is 11.0 Å². The molecule has 0 unspecified atom stereocenters. The van der Waals surface area contributed by atoms with Crippen molar-refractivity contribution in [2.45, 2.75) is 6.54 Å². The fourth-order valence-corrected chi connectivity index (χ4v) is 2.33. The number of rotatable bonds is 4. The van der Waals surface area contributed by atoms with E-state index in [9.17, 15) is 0 Å². The molecule has 0 fully saturated rings. The van der Waals surface area contributed by atoms with Gasteiger partial charge in [-0.25, -0.2) is 4.68 Å². The number of nitrogens with zero attached hydrogens (tertiary/aromatic N) is 6. The third kappa shape index (κ3) is 3.29. The number of hydrogen-bond donors (Lipinski definition) is 1. The van der Waals surface area contributed by atoms with Crippen LogP contribution >= 0.6 is 0 Å². The van der Waals surface area contributed by atoms with Gasteiger partial charge < -0.3 is 5.32 Å². The Kier molecular flexibility index (Phi) is 4.38. The van der Waals surface area contributed by atoms with E-state index in [2.05, 4.69) is 15.6 Å². The highest BCUT2D eigenvalue weighted by Crippen LogP contribution is 2.16. The summed E-state index contributed by atoms with van der Waals surface area (Å²) in [5, 5.41) is 37.8. The number of benzene rings is 2. The van der Waals surface area contributed by atoms with Gasteiger partial charge in [0.05, 0.1) is 12.1 Å². The van der Waals surface area contributed by atoms with Crippen LogP contribution in [-0.2, 0) is 6.54 Å². The van der Waals surface area contributed by atoms with Crippen molar-refractivity contribution in [2.75, 3.05) is 5.32 Å². The van der Waals surface area contributed by atoms with Crippen LogP contribution in [-0.4, -0.2) is 15.0 Å². The Morgan fingerprint density at radius 2 is 1.68 bits per heavy atom. The predicted molar refractivity (Wildman–Crippen MR) is 90.6 cm³/mol. The normalized spacial score (nSPS) is 9.64. The molecule has 0 aliphatic heterocycles. The Morgan fingerprint density at radius 3 is 2.36 bits per heavy atom. The predicted octanol–water partition coefficient (Wildman–Crippen LogP) is 2.72. The maximum atomic E-state index is 9.06. The van der Waals surface area contributed by atoms with E-state index in [0.717, 1.165) is 16.6 Å². The molecule has 0 aliphatic carbocycles. The number of nitrogens with one attached hydrogen (secondary N) is 1. The van der Waals surface area contributed by atoms with Crippen LogP contribution in [0, 0.1) is 34.0 Å².